The van der Waals surface area contributed by atoms with Crippen molar-refractivity contribution < 1.29 is 14.0 Å². The lowest BCUT2D eigenvalue weighted by Gasteiger charge is -2.29. The second kappa shape index (κ2) is 6.52. The molecule has 28 heavy (non-hydrogen) atoms. The summed E-state index contributed by atoms with van der Waals surface area (Å²) in [6, 6.07) is 10.1. The van der Waals surface area contributed by atoms with Crippen LogP contribution in [0.5, 0.6) is 0 Å². The number of nitrogens with zero attached hydrogens (tertiary/aromatic N) is 3. The van der Waals surface area contributed by atoms with E-state index in [4.69, 9.17) is 23.2 Å². The van der Waals surface area contributed by atoms with E-state index < -0.39 is 12.0 Å². The molecule has 2 amide bonds. The van der Waals surface area contributed by atoms with Crippen LogP contribution in [0.4, 0.5) is 10.1 Å². The number of amides is 2. The van der Waals surface area contributed by atoms with Crippen LogP contribution in [0.25, 0.3) is 0 Å². The molecule has 0 aromatic heterocycles. The molecule has 3 fully saturated rings. The average molecular weight is 420 g/mol. The minimum absolute atomic E-state index is 0.259. The molecule has 5 nitrogen and oxygen atoms in total. The van der Waals surface area contributed by atoms with Crippen molar-refractivity contribution in [2.75, 3.05) is 18.0 Å². The molecule has 0 N–H and O–H groups in total. The Hall–Kier alpha value is -1.99. The highest BCUT2D eigenvalue weighted by Gasteiger charge is 2.62. The molecular weight excluding hydrogens is 404 g/mol. The lowest BCUT2D eigenvalue weighted by molar-refractivity contribution is -0.126. The lowest BCUT2D eigenvalue weighted by Crippen LogP contribution is -2.44. The van der Waals surface area contributed by atoms with E-state index in [1.54, 1.807) is 24.3 Å². The summed E-state index contributed by atoms with van der Waals surface area (Å²) in [7, 11) is 0. The van der Waals surface area contributed by atoms with Gasteiger partial charge in [-0.15, -0.1) is 0 Å². The molecule has 5 rings (SSSR count). The number of imide groups is 1. The van der Waals surface area contributed by atoms with Crippen molar-refractivity contribution in [1.82, 2.24) is 10.0 Å². The smallest absolute Gasteiger partial charge is 0.253 e. The Labute approximate surface area is 171 Å². The number of fused-ring (bicyclic) bond motifs is 3. The fraction of sp³-hybridized carbons (Fsp3) is 0.300. The van der Waals surface area contributed by atoms with Gasteiger partial charge < -0.3 is 0 Å². The zero-order valence-electron chi connectivity index (χ0n) is 14.7. The van der Waals surface area contributed by atoms with E-state index in [-0.39, 0.29) is 28.7 Å². The molecule has 0 radical (unpaired) electrons. The van der Waals surface area contributed by atoms with E-state index in [0.717, 1.165) is 18.5 Å². The third-order valence-corrected chi connectivity index (χ3v) is 6.52. The van der Waals surface area contributed by atoms with E-state index in [1.807, 2.05) is 5.01 Å². The van der Waals surface area contributed by atoms with Crippen LogP contribution in [0.15, 0.2) is 42.5 Å². The van der Waals surface area contributed by atoms with Crippen molar-refractivity contribution in [3.05, 3.63) is 63.9 Å². The summed E-state index contributed by atoms with van der Waals surface area (Å²) >= 11 is 12.1. The number of hydrogen-bond acceptors (Lipinski definition) is 4. The highest BCUT2D eigenvalue weighted by Crippen LogP contribution is 2.49. The van der Waals surface area contributed by atoms with Gasteiger partial charge in [0.05, 0.1) is 27.7 Å². The number of halogens is 3. The minimum Gasteiger partial charge on any atom is -0.274 e. The number of rotatable bonds is 2. The van der Waals surface area contributed by atoms with Gasteiger partial charge in [-0.25, -0.2) is 19.3 Å². The van der Waals surface area contributed by atoms with Crippen LogP contribution >= 0.6 is 23.2 Å². The predicted octanol–water partition coefficient (Wildman–Crippen LogP) is 3.67. The number of anilines is 1. The average Bonchev–Trinajstić information content (AvgIpc) is 3.31. The topological polar surface area (TPSA) is 43.9 Å². The molecule has 0 spiro atoms. The fourth-order valence-corrected chi connectivity index (χ4v) is 4.94. The van der Waals surface area contributed by atoms with Gasteiger partial charge in [-0.1, -0.05) is 35.3 Å². The fourth-order valence-electron chi connectivity index (χ4n) is 4.65. The largest absolute Gasteiger partial charge is 0.274 e. The van der Waals surface area contributed by atoms with Crippen LogP contribution in [-0.2, 0) is 9.59 Å². The van der Waals surface area contributed by atoms with E-state index in [9.17, 15) is 14.0 Å². The SMILES string of the molecule is O=C1C2C(C(=O)N1c1ccc(Cl)c(Cl)c1)N1CCCN1C2c1ccc(F)cc1. The van der Waals surface area contributed by atoms with Gasteiger partial charge in [-0.2, -0.15) is 0 Å². The van der Waals surface area contributed by atoms with E-state index in [0.29, 0.717) is 17.3 Å². The Kier molecular flexibility index (Phi) is 4.21. The van der Waals surface area contributed by atoms with E-state index in [2.05, 4.69) is 5.01 Å². The zero-order chi connectivity index (χ0) is 19.6. The first-order chi connectivity index (χ1) is 13.5. The predicted molar refractivity (Wildman–Crippen MR) is 103 cm³/mol. The molecular formula is C20H16Cl2FN3O2. The van der Waals surface area contributed by atoms with Crippen LogP contribution in [0, 0.1) is 11.7 Å². The van der Waals surface area contributed by atoms with Gasteiger partial charge in [0.2, 0.25) is 5.91 Å². The number of carbonyl (C=O) groups excluding carboxylic acids is 2. The summed E-state index contributed by atoms with van der Waals surface area (Å²) in [6.07, 6.45) is 0.912. The maximum Gasteiger partial charge on any atom is 0.253 e. The monoisotopic (exact) mass is 419 g/mol. The normalized spacial score (nSPS) is 27.5. The highest BCUT2D eigenvalue weighted by molar-refractivity contribution is 6.42. The van der Waals surface area contributed by atoms with Crippen LogP contribution in [-0.4, -0.2) is 41.0 Å². The molecule has 0 aliphatic carbocycles. The molecule has 3 aliphatic heterocycles. The number of hydrogen-bond donors (Lipinski definition) is 0. The molecule has 0 saturated carbocycles. The molecule has 2 aromatic carbocycles. The Morgan fingerprint density at radius 1 is 0.857 bits per heavy atom. The molecule has 3 unspecified atom stereocenters. The van der Waals surface area contributed by atoms with Crippen LogP contribution in [0.1, 0.15) is 18.0 Å². The third kappa shape index (κ3) is 2.52. The third-order valence-electron chi connectivity index (χ3n) is 5.78. The van der Waals surface area contributed by atoms with Crippen molar-refractivity contribution in [2.45, 2.75) is 18.5 Å². The molecule has 3 heterocycles. The summed E-state index contributed by atoms with van der Waals surface area (Å²) in [5.74, 6) is -1.41. The second-order valence-electron chi connectivity index (χ2n) is 7.26. The van der Waals surface area contributed by atoms with Crippen LogP contribution in [0.2, 0.25) is 10.0 Å². The van der Waals surface area contributed by atoms with Gasteiger partial charge in [-0.3, -0.25) is 9.59 Å². The van der Waals surface area contributed by atoms with Crippen LogP contribution < -0.4 is 4.90 Å². The van der Waals surface area contributed by atoms with Gasteiger partial charge in [-0.05, 0) is 42.3 Å². The van der Waals surface area contributed by atoms with Gasteiger partial charge >= 0.3 is 0 Å². The standard InChI is InChI=1S/C20H16Cl2FN3O2/c21-14-7-6-13(10-15(14)22)26-19(27)16-17(11-2-4-12(23)5-3-11)24-8-1-9-25(24)18(16)20(26)28/h2-7,10,16-18H,1,8-9H2. The summed E-state index contributed by atoms with van der Waals surface area (Å²) in [6.45, 7) is 1.48. The first-order valence-electron chi connectivity index (χ1n) is 9.09. The zero-order valence-corrected chi connectivity index (χ0v) is 16.2. The summed E-state index contributed by atoms with van der Waals surface area (Å²) in [4.78, 5) is 27.9. The Morgan fingerprint density at radius 2 is 1.54 bits per heavy atom. The van der Waals surface area contributed by atoms with Gasteiger partial charge in [0.25, 0.3) is 5.91 Å². The summed E-state index contributed by atoms with van der Waals surface area (Å²) in [5.41, 5.74) is 1.25. The van der Waals surface area contributed by atoms with Crippen molar-refractivity contribution in [1.29, 1.82) is 0 Å². The quantitative estimate of drug-likeness (QED) is 0.696. The Bertz CT molecular complexity index is 984. The van der Waals surface area contributed by atoms with Crippen molar-refractivity contribution in [3.63, 3.8) is 0 Å². The molecule has 3 atom stereocenters. The molecule has 144 valence electrons. The van der Waals surface area contributed by atoms with Crippen molar-refractivity contribution in [2.24, 2.45) is 5.92 Å². The van der Waals surface area contributed by atoms with E-state index in [1.165, 1.54) is 23.1 Å². The Morgan fingerprint density at radius 3 is 2.21 bits per heavy atom. The minimum atomic E-state index is -0.556. The van der Waals surface area contributed by atoms with Crippen molar-refractivity contribution >= 4 is 40.7 Å². The highest BCUT2D eigenvalue weighted by atomic mass is 35.5. The second-order valence-corrected chi connectivity index (χ2v) is 8.07. The maximum atomic E-state index is 13.4. The molecule has 0 bridgehead atoms. The molecule has 3 saturated heterocycles. The number of carbonyl (C=O) groups is 2. The van der Waals surface area contributed by atoms with Gasteiger partial charge in [0, 0.05) is 13.1 Å². The van der Waals surface area contributed by atoms with Gasteiger partial charge in [0.15, 0.2) is 0 Å². The Balaban J connectivity index is 1.58. The molecule has 8 heteroatoms. The molecule has 2 aromatic rings. The maximum absolute atomic E-state index is 13.4. The van der Waals surface area contributed by atoms with Gasteiger partial charge in [0.1, 0.15) is 11.9 Å². The summed E-state index contributed by atoms with van der Waals surface area (Å²) in [5, 5.41) is 4.73. The van der Waals surface area contributed by atoms with Crippen molar-refractivity contribution in [3.8, 4) is 0 Å². The number of hydrazine groups is 1. The summed E-state index contributed by atoms with van der Waals surface area (Å²) < 4.78 is 13.4. The van der Waals surface area contributed by atoms with E-state index >= 15 is 0 Å². The first kappa shape index (κ1) is 18.1. The number of benzene rings is 2. The molecule has 3 aliphatic rings. The first-order valence-corrected chi connectivity index (χ1v) is 9.84. The van der Waals surface area contributed by atoms with Crippen LogP contribution in [0.3, 0.4) is 0 Å². The lowest BCUT2D eigenvalue weighted by atomic mass is 9.90.